The highest BCUT2D eigenvalue weighted by Crippen LogP contribution is 2.18. The summed E-state index contributed by atoms with van der Waals surface area (Å²) in [5.74, 6) is -0.00320. The molecular formula is C15H26N4O3. The molecule has 0 aliphatic carbocycles. The van der Waals surface area contributed by atoms with Gasteiger partial charge >= 0.3 is 0 Å². The molecule has 1 aliphatic heterocycles. The van der Waals surface area contributed by atoms with Crippen molar-refractivity contribution in [3.63, 3.8) is 0 Å². The van der Waals surface area contributed by atoms with Gasteiger partial charge in [0.2, 0.25) is 5.91 Å². The lowest BCUT2D eigenvalue weighted by molar-refractivity contribution is -0.139. The second-order valence-electron chi connectivity index (χ2n) is 6.24. The Morgan fingerprint density at radius 3 is 2.82 bits per heavy atom. The van der Waals surface area contributed by atoms with E-state index < -0.39 is 6.10 Å². The molecule has 7 nitrogen and oxygen atoms in total. The molecule has 2 rings (SSSR count). The first kappa shape index (κ1) is 16.9. The monoisotopic (exact) mass is 310 g/mol. The summed E-state index contributed by atoms with van der Waals surface area (Å²) >= 11 is 0. The second-order valence-corrected chi connectivity index (χ2v) is 6.24. The molecule has 0 aromatic carbocycles. The molecule has 1 amide bonds. The Kier molecular flexibility index (Phi) is 5.55. The predicted molar refractivity (Wildman–Crippen MR) is 82.2 cm³/mol. The maximum Gasteiger partial charge on any atom is 0.248 e. The maximum absolute atomic E-state index is 12.1. The minimum Gasteiger partial charge on any atom is -0.385 e. The van der Waals surface area contributed by atoms with Crippen LogP contribution < -0.4 is 0 Å². The third-order valence-corrected chi connectivity index (χ3v) is 3.59. The fourth-order valence-electron chi connectivity index (χ4n) is 2.43. The minimum absolute atomic E-state index is 0.00320. The number of aliphatic hydroxyl groups excluding tert-OH is 1. The Bertz CT molecular complexity index is 513. The van der Waals surface area contributed by atoms with E-state index >= 15 is 0 Å². The molecule has 1 atom stereocenters. The first-order chi connectivity index (χ1) is 10.4. The van der Waals surface area contributed by atoms with Gasteiger partial charge in [-0.15, -0.1) is 0 Å². The van der Waals surface area contributed by atoms with Crippen LogP contribution in [0.4, 0.5) is 0 Å². The predicted octanol–water partition coefficient (Wildman–Crippen LogP) is 0.245. The number of ether oxygens (including phenoxy) is 1. The number of carbonyl (C=O) groups is 1. The molecule has 0 spiro atoms. The van der Waals surface area contributed by atoms with E-state index in [0.717, 1.165) is 5.69 Å². The van der Waals surface area contributed by atoms with Crippen molar-refractivity contribution in [2.75, 3.05) is 33.8 Å². The van der Waals surface area contributed by atoms with Crippen molar-refractivity contribution in [2.45, 2.75) is 39.1 Å². The van der Waals surface area contributed by atoms with E-state index in [9.17, 15) is 9.90 Å². The molecule has 0 unspecified atom stereocenters. The topological polar surface area (TPSA) is 70.8 Å². The van der Waals surface area contributed by atoms with Gasteiger partial charge in [-0.05, 0) is 34.0 Å². The SMILES string of the molecule is CC(C)OCC(=O)N1CCn2nc([C@H](O)CN(C)C)cc2C1. The fourth-order valence-corrected chi connectivity index (χ4v) is 2.43. The zero-order valence-electron chi connectivity index (χ0n) is 13.8. The van der Waals surface area contributed by atoms with Gasteiger partial charge in [0.05, 0.1) is 30.6 Å². The molecular weight excluding hydrogens is 284 g/mol. The van der Waals surface area contributed by atoms with Crippen LogP contribution in [-0.2, 0) is 22.6 Å². The number of carbonyl (C=O) groups excluding carboxylic acids is 1. The fraction of sp³-hybridized carbons (Fsp3) is 0.733. The van der Waals surface area contributed by atoms with Crippen molar-refractivity contribution < 1.29 is 14.6 Å². The lowest BCUT2D eigenvalue weighted by atomic mass is 10.2. The van der Waals surface area contributed by atoms with Gasteiger partial charge in [-0.25, -0.2) is 0 Å². The van der Waals surface area contributed by atoms with E-state index in [0.29, 0.717) is 31.9 Å². The third kappa shape index (κ3) is 4.28. The van der Waals surface area contributed by atoms with Gasteiger partial charge in [0.25, 0.3) is 0 Å². The smallest absolute Gasteiger partial charge is 0.248 e. The van der Waals surface area contributed by atoms with E-state index in [-0.39, 0.29) is 18.6 Å². The molecule has 1 N–H and O–H groups in total. The zero-order chi connectivity index (χ0) is 16.3. The van der Waals surface area contributed by atoms with Crippen LogP contribution in [0, 0.1) is 0 Å². The molecule has 0 radical (unpaired) electrons. The number of rotatable bonds is 6. The van der Waals surface area contributed by atoms with E-state index in [1.807, 2.05) is 43.6 Å². The first-order valence-corrected chi connectivity index (χ1v) is 7.65. The molecule has 2 heterocycles. The average Bonchev–Trinajstić information content (AvgIpc) is 2.86. The van der Waals surface area contributed by atoms with Crippen molar-refractivity contribution >= 4 is 5.91 Å². The quantitative estimate of drug-likeness (QED) is 0.815. The van der Waals surface area contributed by atoms with Gasteiger partial charge in [0.1, 0.15) is 12.7 Å². The van der Waals surface area contributed by atoms with Crippen molar-refractivity contribution in [2.24, 2.45) is 0 Å². The molecule has 0 bridgehead atoms. The van der Waals surface area contributed by atoms with Crippen molar-refractivity contribution in [1.29, 1.82) is 0 Å². The van der Waals surface area contributed by atoms with E-state index in [1.54, 1.807) is 4.90 Å². The number of aromatic nitrogens is 2. The van der Waals surface area contributed by atoms with Gasteiger partial charge in [-0.2, -0.15) is 5.10 Å². The summed E-state index contributed by atoms with van der Waals surface area (Å²) in [7, 11) is 3.82. The highest BCUT2D eigenvalue weighted by atomic mass is 16.5. The van der Waals surface area contributed by atoms with Crippen LogP contribution in [0.2, 0.25) is 0 Å². The number of aliphatic hydroxyl groups is 1. The first-order valence-electron chi connectivity index (χ1n) is 7.65. The van der Waals surface area contributed by atoms with Crippen LogP contribution in [0.1, 0.15) is 31.3 Å². The maximum atomic E-state index is 12.1. The van der Waals surface area contributed by atoms with Crippen LogP contribution >= 0.6 is 0 Å². The summed E-state index contributed by atoms with van der Waals surface area (Å²) in [6, 6.07) is 1.89. The summed E-state index contributed by atoms with van der Waals surface area (Å²) < 4.78 is 7.25. The van der Waals surface area contributed by atoms with Crippen LogP contribution in [-0.4, -0.2) is 70.5 Å². The van der Waals surface area contributed by atoms with Crippen molar-refractivity contribution in [3.05, 3.63) is 17.5 Å². The molecule has 0 saturated heterocycles. The number of fused-ring (bicyclic) bond motifs is 1. The van der Waals surface area contributed by atoms with Crippen LogP contribution in [0.25, 0.3) is 0 Å². The van der Waals surface area contributed by atoms with Gasteiger partial charge in [-0.1, -0.05) is 0 Å². The molecule has 124 valence electrons. The molecule has 7 heteroatoms. The molecule has 22 heavy (non-hydrogen) atoms. The average molecular weight is 310 g/mol. The number of likely N-dealkylation sites (N-methyl/N-ethyl adjacent to an activating group) is 1. The van der Waals surface area contributed by atoms with Gasteiger partial charge < -0.3 is 19.6 Å². The lowest BCUT2D eigenvalue weighted by Gasteiger charge is -2.27. The number of hydrogen-bond donors (Lipinski definition) is 1. The summed E-state index contributed by atoms with van der Waals surface area (Å²) in [6.07, 6.45) is -0.562. The van der Waals surface area contributed by atoms with Gasteiger partial charge in [-0.3, -0.25) is 9.48 Å². The second kappa shape index (κ2) is 7.21. The number of hydrogen-bond acceptors (Lipinski definition) is 5. The summed E-state index contributed by atoms with van der Waals surface area (Å²) in [5.41, 5.74) is 1.62. The van der Waals surface area contributed by atoms with Gasteiger partial charge in [0, 0.05) is 13.1 Å². The van der Waals surface area contributed by atoms with Gasteiger partial charge in [0.15, 0.2) is 0 Å². The number of nitrogens with zero attached hydrogens (tertiary/aromatic N) is 4. The third-order valence-electron chi connectivity index (χ3n) is 3.59. The van der Waals surface area contributed by atoms with Crippen molar-refractivity contribution in [1.82, 2.24) is 19.6 Å². The van der Waals surface area contributed by atoms with Crippen molar-refractivity contribution in [3.8, 4) is 0 Å². The summed E-state index contributed by atoms with van der Waals surface area (Å²) in [6.45, 7) is 6.26. The number of amides is 1. The molecule has 1 aromatic heterocycles. The molecule has 0 fully saturated rings. The molecule has 1 aromatic rings. The largest absolute Gasteiger partial charge is 0.385 e. The highest BCUT2D eigenvalue weighted by Gasteiger charge is 2.24. The van der Waals surface area contributed by atoms with Crippen LogP contribution in [0.15, 0.2) is 6.07 Å². The Morgan fingerprint density at radius 2 is 2.18 bits per heavy atom. The molecule has 1 aliphatic rings. The van der Waals surface area contributed by atoms with E-state index in [4.69, 9.17) is 4.74 Å². The lowest BCUT2D eigenvalue weighted by Crippen LogP contribution is -2.40. The Morgan fingerprint density at radius 1 is 1.45 bits per heavy atom. The van der Waals surface area contributed by atoms with Crippen LogP contribution in [0.5, 0.6) is 0 Å². The Balaban J connectivity index is 1.98. The minimum atomic E-state index is -0.610. The Labute approximate surface area is 131 Å². The standard InChI is InChI=1S/C15H26N4O3/c1-11(2)22-10-15(21)18-5-6-19-12(8-18)7-13(16-19)14(20)9-17(3)4/h7,11,14,20H,5-6,8-10H2,1-4H3/t14-/m1/s1. The van der Waals surface area contributed by atoms with Crippen LogP contribution in [0.3, 0.4) is 0 Å². The normalized spacial score (nSPS) is 16.2. The summed E-state index contributed by atoms with van der Waals surface area (Å²) in [5, 5.41) is 14.6. The zero-order valence-corrected chi connectivity index (χ0v) is 13.8. The Hall–Kier alpha value is -1.44. The van der Waals surface area contributed by atoms with E-state index in [1.165, 1.54) is 0 Å². The molecule has 0 saturated carbocycles. The van der Waals surface area contributed by atoms with E-state index in [2.05, 4.69) is 5.10 Å². The highest BCUT2D eigenvalue weighted by molar-refractivity contribution is 5.77. The summed E-state index contributed by atoms with van der Waals surface area (Å²) in [4.78, 5) is 15.8.